The van der Waals surface area contributed by atoms with E-state index < -0.39 is 18.0 Å². The number of carbonyl (C=O) groups is 2. The molecule has 0 spiro atoms. The van der Waals surface area contributed by atoms with Gasteiger partial charge in [-0.2, -0.15) is 0 Å². The van der Waals surface area contributed by atoms with Crippen molar-refractivity contribution in [2.24, 2.45) is 0 Å². The summed E-state index contributed by atoms with van der Waals surface area (Å²) in [5.74, 6) is -0.488. The highest BCUT2D eigenvalue weighted by Gasteiger charge is 2.23. The largest absolute Gasteiger partial charge is 0.495 e. The van der Waals surface area contributed by atoms with Crippen LogP contribution >= 0.6 is 0 Å². The van der Waals surface area contributed by atoms with Crippen molar-refractivity contribution in [2.45, 2.75) is 26.9 Å². The number of aryl methyl sites for hydroxylation is 2. The highest BCUT2D eigenvalue weighted by Crippen LogP contribution is 2.25. The van der Waals surface area contributed by atoms with Gasteiger partial charge in [0, 0.05) is 5.39 Å². The molecule has 0 bridgehead atoms. The van der Waals surface area contributed by atoms with Crippen molar-refractivity contribution in [3.8, 4) is 5.75 Å². The van der Waals surface area contributed by atoms with Crippen LogP contribution in [0.25, 0.3) is 10.9 Å². The van der Waals surface area contributed by atoms with E-state index in [4.69, 9.17) is 9.47 Å². The summed E-state index contributed by atoms with van der Waals surface area (Å²) in [6.07, 6.45) is -0.984. The number of esters is 1. The minimum atomic E-state index is -0.984. The zero-order valence-corrected chi connectivity index (χ0v) is 16.3. The second-order valence-electron chi connectivity index (χ2n) is 6.45. The predicted molar refractivity (Wildman–Crippen MR) is 108 cm³/mol. The van der Waals surface area contributed by atoms with E-state index in [-0.39, 0.29) is 0 Å². The van der Waals surface area contributed by atoms with Crippen LogP contribution in [0.2, 0.25) is 0 Å². The normalized spacial score (nSPS) is 11.7. The molecule has 1 heterocycles. The third-order valence-corrected chi connectivity index (χ3v) is 4.56. The summed E-state index contributed by atoms with van der Waals surface area (Å²) >= 11 is 0. The summed E-state index contributed by atoms with van der Waals surface area (Å²) in [4.78, 5) is 29.7. The maximum atomic E-state index is 12.8. The smallest absolute Gasteiger partial charge is 0.341 e. The van der Waals surface area contributed by atoms with E-state index >= 15 is 0 Å². The summed E-state index contributed by atoms with van der Waals surface area (Å²) in [6, 6.07) is 14.6. The molecule has 0 unspecified atom stereocenters. The molecule has 144 valence electrons. The van der Waals surface area contributed by atoms with E-state index in [1.807, 2.05) is 31.2 Å². The molecule has 2 aromatic carbocycles. The van der Waals surface area contributed by atoms with E-state index in [2.05, 4.69) is 10.3 Å². The van der Waals surface area contributed by atoms with Crippen LogP contribution in [0.15, 0.2) is 48.5 Å². The van der Waals surface area contributed by atoms with Gasteiger partial charge in [-0.15, -0.1) is 0 Å². The van der Waals surface area contributed by atoms with Crippen LogP contribution < -0.4 is 10.1 Å². The summed E-state index contributed by atoms with van der Waals surface area (Å²) in [7, 11) is 1.52. The topological polar surface area (TPSA) is 77.5 Å². The molecule has 0 saturated heterocycles. The molecular formula is C22H22N2O4. The van der Waals surface area contributed by atoms with Gasteiger partial charge in [0.25, 0.3) is 5.91 Å². The Morgan fingerprint density at radius 2 is 1.71 bits per heavy atom. The Labute approximate surface area is 163 Å². The van der Waals surface area contributed by atoms with Crippen molar-refractivity contribution in [2.75, 3.05) is 12.4 Å². The number of amides is 1. The Morgan fingerprint density at radius 3 is 2.46 bits per heavy atom. The van der Waals surface area contributed by atoms with Gasteiger partial charge in [-0.05, 0) is 44.5 Å². The SMILES string of the molecule is COc1ccccc1NC(=O)[C@H](C)OC(=O)c1c(C)nc2ccccc2c1C. The molecule has 3 rings (SSSR count). The van der Waals surface area contributed by atoms with Crippen molar-refractivity contribution in [3.05, 3.63) is 65.4 Å². The second kappa shape index (κ2) is 8.08. The fourth-order valence-corrected chi connectivity index (χ4v) is 3.09. The van der Waals surface area contributed by atoms with Crippen molar-refractivity contribution >= 4 is 28.5 Å². The molecule has 0 saturated carbocycles. The van der Waals surface area contributed by atoms with Crippen LogP contribution in [0.4, 0.5) is 5.69 Å². The number of nitrogens with one attached hydrogen (secondary N) is 1. The molecule has 1 atom stereocenters. The van der Waals surface area contributed by atoms with Crippen LogP contribution in [-0.4, -0.2) is 30.1 Å². The number of benzene rings is 2. The molecule has 6 nitrogen and oxygen atoms in total. The molecule has 28 heavy (non-hydrogen) atoms. The predicted octanol–water partition coefficient (Wildman–Crippen LogP) is 4.04. The lowest BCUT2D eigenvalue weighted by molar-refractivity contribution is -0.123. The van der Waals surface area contributed by atoms with Crippen molar-refractivity contribution in [1.29, 1.82) is 0 Å². The van der Waals surface area contributed by atoms with Crippen LogP contribution in [0.3, 0.4) is 0 Å². The van der Waals surface area contributed by atoms with E-state index in [0.717, 1.165) is 16.5 Å². The molecule has 0 fully saturated rings. The van der Waals surface area contributed by atoms with Gasteiger partial charge in [-0.25, -0.2) is 4.79 Å². The van der Waals surface area contributed by atoms with Gasteiger partial charge < -0.3 is 14.8 Å². The zero-order chi connectivity index (χ0) is 20.3. The Bertz CT molecular complexity index is 1050. The number of pyridine rings is 1. The fourth-order valence-electron chi connectivity index (χ4n) is 3.09. The molecular weight excluding hydrogens is 356 g/mol. The number of fused-ring (bicyclic) bond motifs is 1. The Hall–Kier alpha value is -3.41. The Morgan fingerprint density at radius 1 is 1.04 bits per heavy atom. The number of para-hydroxylation sites is 3. The summed E-state index contributed by atoms with van der Waals surface area (Å²) in [5, 5.41) is 3.60. The summed E-state index contributed by atoms with van der Waals surface area (Å²) < 4.78 is 10.6. The number of nitrogens with zero attached hydrogens (tertiary/aromatic N) is 1. The lowest BCUT2D eigenvalue weighted by Gasteiger charge is -2.17. The molecule has 0 aliphatic rings. The van der Waals surface area contributed by atoms with Crippen LogP contribution in [-0.2, 0) is 9.53 Å². The first-order valence-corrected chi connectivity index (χ1v) is 8.93. The molecule has 3 aromatic rings. The molecule has 0 aliphatic carbocycles. The lowest BCUT2D eigenvalue weighted by Crippen LogP contribution is -2.30. The molecule has 6 heteroatoms. The maximum absolute atomic E-state index is 12.8. The lowest BCUT2D eigenvalue weighted by atomic mass is 10.0. The molecule has 1 N–H and O–H groups in total. The van der Waals surface area contributed by atoms with E-state index in [1.165, 1.54) is 14.0 Å². The fraction of sp³-hybridized carbons (Fsp3) is 0.227. The highest BCUT2D eigenvalue weighted by atomic mass is 16.5. The Kier molecular flexibility index (Phi) is 5.59. The molecule has 0 aliphatic heterocycles. The standard InChI is InChI=1S/C22H22N2O4/c1-13-16-9-5-6-10-17(16)23-14(2)20(13)22(26)28-15(3)21(25)24-18-11-7-8-12-19(18)27-4/h5-12,15H,1-4H3,(H,24,25)/t15-/m0/s1. The average Bonchev–Trinajstić information content (AvgIpc) is 2.68. The number of methoxy groups -OCH3 is 1. The van der Waals surface area contributed by atoms with Crippen molar-refractivity contribution in [3.63, 3.8) is 0 Å². The van der Waals surface area contributed by atoms with Gasteiger partial charge in [0.15, 0.2) is 6.10 Å². The maximum Gasteiger partial charge on any atom is 0.341 e. The van der Waals surface area contributed by atoms with Crippen LogP contribution in [0.1, 0.15) is 28.5 Å². The van der Waals surface area contributed by atoms with Crippen molar-refractivity contribution < 1.29 is 19.1 Å². The van der Waals surface area contributed by atoms with Gasteiger partial charge in [-0.3, -0.25) is 9.78 Å². The average molecular weight is 378 g/mol. The van der Waals surface area contributed by atoms with Gasteiger partial charge in [-0.1, -0.05) is 30.3 Å². The minimum Gasteiger partial charge on any atom is -0.495 e. The third-order valence-electron chi connectivity index (χ3n) is 4.56. The number of aromatic nitrogens is 1. The van der Waals surface area contributed by atoms with Crippen LogP contribution in [0, 0.1) is 13.8 Å². The molecule has 1 aromatic heterocycles. The van der Waals surface area contributed by atoms with Gasteiger partial charge in [0.05, 0.1) is 29.6 Å². The summed E-state index contributed by atoms with van der Waals surface area (Å²) in [6.45, 7) is 5.14. The number of hydrogen-bond acceptors (Lipinski definition) is 5. The number of rotatable bonds is 5. The highest BCUT2D eigenvalue weighted by molar-refractivity contribution is 6.01. The minimum absolute atomic E-state index is 0.385. The van der Waals surface area contributed by atoms with Gasteiger partial charge >= 0.3 is 5.97 Å². The Balaban J connectivity index is 1.79. The monoisotopic (exact) mass is 378 g/mol. The first kappa shape index (κ1) is 19.4. The number of ether oxygens (including phenoxy) is 2. The second-order valence-corrected chi connectivity index (χ2v) is 6.45. The first-order valence-electron chi connectivity index (χ1n) is 8.93. The zero-order valence-electron chi connectivity index (χ0n) is 16.3. The first-order chi connectivity index (χ1) is 13.4. The number of anilines is 1. The molecule has 0 radical (unpaired) electrons. The molecule has 1 amide bonds. The van der Waals surface area contributed by atoms with Crippen LogP contribution in [0.5, 0.6) is 5.75 Å². The number of carbonyl (C=O) groups excluding carboxylic acids is 2. The quantitative estimate of drug-likeness (QED) is 0.678. The van der Waals surface area contributed by atoms with Gasteiger partial charge in [0.2, 0.25) is 0 Å². The summed E-state index contributed by atoms with van der Waals surface area (Å²) in [5.41, 5.74) is 3.06. The number of hydrogen-bond donors (Lipinski definition) is 1. The van der Waals surface area contributed by atoms with E-state index in [9.17, 15) is 9.59 Å². The van der Waals surface area contributed by atoms with Crippen molar-refractivity contribution in [1.82, 2.24) is 4.98 Å². The van der Waals surface area contributed by atoms with E-state index in [0.29, 0.717) is 22.7 Å². The van der Waals surface area contributed by atoms with E-state index in [1.54, 1.807) is 31.2 Å². The van der Waals surface area contributed by atoms with Gasteiger partial charge in [0.1, 0.15) is 5.75 Å². The third kappa shape index (κ3) is 3.81.